The third kappa shape index (κ3) is 19.5. The van der Waals surface area contributed by atoms with Crippen LogP contribution < -0.4 is 10.6 Å². The summed E-state index contributed by atoms with van der Waals surface area (Å²) in [5.74, 6) is 0.589. The predicted molar refractivity (Wildman–Crippen MR) is 150 cm³/mol. The van der Waals surface area contributed by atoms with Crippen molar-refractivity contribution in [3.05, 3.63) is 36.0 Å². The van der Waals surface area contributed by atoms with Crippen molar-refractivity contribution in [2.45, 2.75) is 94.7 Å². The Morgan fingerprint density at radius 1 is 0.971 bits per heavy atom. The van der Waals surface area contributed by atoms with E-state index in [-0.39, 0.29) is 20.6 Å². The molecule has 0 aliphatic rings. The maximum Gasteiger partial charge on any atom is 0.244 e. The third-order valence-electron chi connectivity index (χ3n) is 4.92. The van der Waals surface area contributed by atoms with Crippen LogP contribution in [-0.4, -0.2) is 47.8 Å². The Morgan fingerprint density at radius 2 is 1.47 bits per heavy atom. The van der Waals surface area contributed by atoms with Crippen LogP contribution in [-0.2, 0) is 9.59 Å². The van der Waals surface area contributed by atoms with Crippen molar-refractivity contribution < 1.29 is 22.7 Å². The molecule has 0 radical (unpaired) electrons. The molecule has 0 aliphatic heterocycles. The maximum atomic E-state index is 12.7. The van der Waals surface area contributed by atoms with Crippen molar-refractivity contribution in [2.75, 3.05) is 13.7 Å². The maximum absolute atomic E-state index is 12.7. The van der Waals surface area contributed by atoms with E-state index in [1.807, 2.05) is 60.6 Å². The normalized spacial score (nSPS) is 15.6. The highest BCUT2D eigenvalue weighted by atomic mass is 16.3. The molecule has 34 heavy (non-hydrogen) atoms. The lowest BCUT2D eigenvalue weighted by atomic mass is 9.86. The first-order valence-electron chi connectivity index (χ1n) is 12.5. The number of hydrogen-bond donors (Lipinski definition) is 4. The summed E-state index contributed by atoms with van der Waals surface area (Å²) in [5, 5.41) is 22.4. The third-order valence-corrected chi connectivity index (χ3v) is 4.92. The van der Waals surface area contributed by atoms with Crippen molar-refractivity contribution in [1.29, 1.82) is 0 Å². The van der Waals surface area contributed by atoms with Crippen LogP contribution in [0.3, 0.4) is 0 Å². The average Bonchev–Trinajstić information content (AvgIpc) is 2.74. The largest absolute Gasteiger partial charge is 0.400 e. The number of rotatable bonds is 11. The van der Waals surface area contributed by atoms with Gasteiger partial charge in [0, 0.05) is 28.5 Å². The van der Waals surface area contributed by atoms with Crippen LogP contribution in [0.2, 0.25) is 0 Å². The fraction of sp³-hybridized carbons (Fsp3) is 0.714. The fourth-order valence-electron chi connectivity index (χ4n) is 3.09. The van der Waals surface area contributed by atoms with Gasteiger partial charge in [-0.05, 0) is 37.5 Å². The molecule has 0 aromatic carbocycles. The van der Waals surface area contributed by atoms with E-state index < -0.39 is 17.6 Å². The minimum Gasteiger partial charge on any atom is -0.400 e. The molecule has 0 saturated heterocycles. The van der Waals surface area contributed by atoms with Crippen molar-refractivity contribution in [2.24, 2.45) is 23.2 Å². The summed E-state index contributed by atoms with van der Waals surface area (Å²) in [7, 11) is 1.00. The molecule has 0 fully saturated rings. The zero-order valence-electron chi connectivity index (χ0n) is 23.9. The van der Waals surface area contributed by atoms with Gasteiger partial charge in [0.2, 0.25) is 11.8 Å². The van der Waals surface area contributed by atoms with E-state index in [1.54, 1.807) is 19.1 Å². The van der Waals surface area contributed by atoms with Crippen LogP contribution in [0.5, 0.6) is 0 Å². The van der Waals surface area contributed by atoms with Gasteiger partial charge in [0.05, 0.1) is 6.10 Å². The molecule has 4 atom stereocenters. The summed E-state index contributed by atoms with van der Waals surface area (Å²) in [4.78, 5) is 25.0. The topological polar surface area (TPSA) is 98.7 Å². The number of aliphatic hydroxyl groups excluding tert-OH is 2. The highest BCUT2D eigenvalue weighted by Crippen LogP contribution is 2.20. The van der Waals surface area contributed by atoms with Gasteiger partial charge < -0.3 is 20.8 Å². The second kappa shape index (κ2) is 20.5. The Labute approximate surface area is 213 Å². The first kappa shape index (κ1) is 36.6. The molecule has 6 nitrogen and oxygen atoms in total. The van der Waals surface area contributed by atoms with Gasteiger partial charge in [-0.3, -0.25) is 9.59 Å². The highest BCUT2D eigenvalue weighted by molar-refractivity contribution is 5.93. The molecule has 0 rings (SSSR count). The number of nitrogens with one attached hydrogen (secondary N) is 2. The molecule has 0 aromatic rings. The zero-order chi connectivity index (χ0) is 27.5. The molecule has 0 aliphatic carbocycles. The summed E-state index contributed by atoms with van der Waals surface area (Å²) in [6.45, 7) is 22.5. The lowest BCUT2D eigenvalue weighted by Gasteiger charge is -2.30. The van der Waals surface area contributed by atoms with Gasteiger partial charge in [0.1, 0.15) is 6.04 Å². The highest BCUT2D eigenvalue weighted by Gasteiger charge is 2.32. The molecule has 204 valence electrons. The van der Waals surface area contributed by atoms with Crippen molar-refractivity contribution in [3.63, 3.8) is 0 Å². The summed E-state index contributed by atoms with van der Waals surface area (Å²) >= 11 is 0. The smallest absolute Gasteiger partial charge is 0.244 e. The number of hydrogen-bond acceptors (Lipinski definition) is 4. The molecule has 3 unspecified atom stereocenters. The van der Waals surface area contributed by atoms with E-state index in [0.717, 1.165) is 19.1 Å². The fourth-order valence-corrected chi connectivity index (χ4v) is 3.09. The lowest BCUT2D eigenvalue weighted by Crippen LogP contribution is -2.53. The Morgan fingerprint density at radius 3 is 1.91 bits per heavy atom. The van der Waals surface area contributed by atoms with Gasteiger partial charge in [0.25, 0.3) is 0 Å². The lowest BCUT2D eigenvalue weighted by molar-refractivity contribution is -0.130. The number of allylic oxidation sites excluding steroid dienone is 4. The van der Waals surface area contributed by atoms with E-state index in [0.29, 0.717) is 18.4 Å². The zero-order valence-corrected chi connectivity index (χ0v) is 23.9. The van der Waals surface area contributed by atoms with Gasteiger partial charge in [-0.15, -0.1) is 0 Å². The van der Waals surface area contributed by atoms with Crippen LogP contribution in [0.1, 0.15) is 85.4 Å². The Balaban J connectivity index is -0.000000506. The van der Waals surface area contributed by atoms with Crippen LogP contribution in [0, 0.1) is 23.2 Å². The summed E-state index contributed by atoms with van der Waals surface area (Å²) in [5.41, 5.74) is 0.608. The van der Waals surface area contributed by atoms with Gasteiger partial charge >= 0.3 is 0 Å². The number of carbonyl (C=O) groups excluding carboxylic acids is 2. The van der Waals surface area contributed by atoms with E-state index in [2.05, 4.69) is 31.4 Å². The summed E-state index contributed by atoms with van der Waals surface area (Å²) < 4.78 is 0. The molecular formula is C28H58N2O4. The molecule has 0 saturated carbocycles. The molecular weight excluding hydrogens is 428 g/mol. The molecule has 0 heterocycles. The first-order valence-corrected chi connectivity index (χ1v) is 12.5. The number of carbonyl (C=O) groups is 2. The molecule has 4 N–H and O–H groups in total. The van der Waals surface area contributed by atoms with Crippen LogP contribution in [0.15, 0.2) is 36.0 Å². The monoisotopic (exact) mass is 486 g/mol. The number of amides is 2. The Hall–Kier alpha value is -1.92. The van der Waals surface area contributed by atoms with Crippen molar-refractivity contribution in [1.82, 2.24) is 10.6 Å². The SMILES string of the molecule is CC.CC(/C=C\C=C/C(=O)NC(C(=O)NCC(C)CC(C)C)C(C)(C)C)=C\[C@H](C)C(C)O.CO.[HH].[HH]. The average molecular weight is 487 g/mol. The van der Waals surface area contributed by atoms with Crippen molar-refractivity contribution >= 4 is 11.8 Å². The summed E-state index contributed by atoms with van der Waals surface area (Å²) in [6, 6.07) is -0.613. The summed E-state index contributed by atoms with van der Waals surface area (Å²) in [6.07, 6.45) is 9.37. The first-order chi connectivity index (χ1) is 15.7. The molecule has 6 heteroatoms. The number of aliphatic hydroxyl groups is 2. The van der Waals surface area contributed by atoms with Crippen LogP contribution >= 0.6 is 0 Å². The second-order valence-electron chi connectivity index (χ2n) is 10.0. The minimum atomic E-state index is -0.613. The Bertz CT molecular complexity index is 640. The standard InChI is InChI=1S/C25H44N2O3.C2H6.CH4O.2H2/c1-17(2)14-19(4)16-26-24(30)23(25(7,8)9)27-22(29)13-11-10-12-18(3)15-20(5)21(6)28;2*1-2;;/h10-13,15,17,19-21,23,28H,14,16H2,1-9H3,(H,26,30)(H,27,29);1-2H3;2H,1H3;2*1H/b12-10-,13-11-,18-15+;;;;/t19?,20-,21?,23?;;;;/m0..../s1. The predicted octanol–water partition coefficient (Wildman–Crippen LogP) is 5.52. The molecule has 0 spiro atoms. The van der Waals surface area contributed by atoms with Gasteiger partial charge in [-0.25, -0.2) is 0 Å². The molecule has 0 bridgehead atoms. The van der Waals surface area contributed by atoms with E-state index in [4.69, 9.17) is 5.11 Å². The van der Waals surface area contributed by atoms with Gasteiger partial charge in [-0.1, -0.05) is 92.2 Å². The van der Waals surface area contributed by atoms with Gasteiger partial charge in [-0.2, -0.15) is 0 Å². The molecule has 2 amide bonds. The minimum absolute atomic E-state index is 0. The van der Waals surface area contributed by atoms with E-state index in [1.165, 1.54) is 6.08 Å². The second-order valence-corrected chi connectivity index (χ2v) is 10.0. The quantitative estimate of drug-likeness (QED) is 0.228. The van der Waals surface area contributed by atoms with Gasteiger partial charge in [0.15, 0.2) is 0 Å². The van der Waals surface area contributed by atoms with E-state index >= 15 is 0 Å². The van der Waals surface area contributed by atoms with Crippen LogP contribution in [0.25, 0.3) is 0 Å². The Kier molecular flexibility index (Phi) is 22.0. The van der Waals surface area contributed by atoms with E-state index in [9.17, 15) is 14.7 Å². The van der Waals surface area contributed by atoms with Crippen LogP contribution in [0.4, 0.5) is 0 Å². The molecule has 0 aromatic heterocycles. The van der Waals surface area contributed by atoms with Crippen molar-refractivity contribution in [3.8, 4) is 0 Å².